The lowest BCUT2D eigenvalue weighted by Crippen LogP contribution is -2.48. The van der Waals surface area contributed by atoms with Gasteiger partial charge in [0.1, 0.15) is 0 Å². The molecule has 2 aliphatic heterocycles. The van der Waals surface area contributed by atoms with E-state index in [2.05, 4.69) is 17.1 Å². The van der Waals surface area contributed by atoms with Crippen molar-refractivity contribution in [3.63, 3.8) is 0 Å². The van der Waals surface area contributed by atoms with Crippen LogP contribution in [0.3, 0.4) is 0 Å². The summed E-state index contributed by atoms with van der Waals surface area (Å²) in [7, 11) is 0. The van der Waals surface area contributed by atoms with Crippen LogP contribution in [0, 0.1) is 5.92 Å². The highest BCUT2D eigenvalue weighted by Gasteiger charge is 2.37. The van der Waals surface area contributed by atoms with Gasteiger partial charge >= 0.3 is 0 Å². The summed E-state index contributed by atoms with van der Waals surface area (Å²) in [5.74, 6) is 0.914. The molecule has 2 heterocycles. The van der Waals surface area contributed by atoms with Gasteiger partial charge < -0.3 is 5.32 Å². The van der Waals surface area contributed by atoms with Crippen molar-refractivity contribution in [3.8, 4) is 0 Å². The number of hydrogen-bond acceptors (Lipinski definition) is 2. The number of rotatable bonds is 2. The second kappa shape index (κ2) is 4.66. The molecule has 0 aromatic heterocycles. The molecule has 3 fully saturated rings. The molecule has 2 nitrogen and oxygen atoms in total. The number of hydrogen-bond donors (Lipinski definition) is 1. The van der Waals surface area contributed by atoms with Crippen LogP contribution in [0.5, 0.6) is 0 Å². The molecule has 1 aliphatic carbocycles. The van der Waals surface area contributed by atoms with Crippen molar-refractivity contribution in [1.82, 2.24) is 10.2 Å². The summed E-state index contributed by atoms with van der Waals surface area (Å²) in [6, 6.07) is 2.51. The minimum absolute atomic E-state index is 0.811. The molecule has 0 bridgehead atoms. The van der Waals surface area contributed by atoms with Crippen LogP contribution in [-0.2, 0) is 0 Å². The van der Waals surface area contributed by atoms with Gasteiger partial charge in [-0.1, -0.05) is 19.8 Å². The highest BCUT2D eigenvalue weighted by Crippen LogP contribution is 2.31. The largest absolute Gasteiger partial charge is 0.309 e. The first kappa shape index (κ1) is 11.0. The fraction of sp³-hybridized carbons (Fsp3) is 1.00. The molecule has 16 heavy (non-hydrogen) atoms. The van der Waals surface area contributed by atoms with Crippen LogP contribution >= 0.6 is 0 Å². The molecule has 0 aromatic carbocycles. The zero-order valence-electron chi connectivity index (χ0n) is 10.6. The molecular formula is C14H26N2. The SMILES string of the molecule is CC1CCCC1NC1CCN2CCCCC12. The van der Waals surface area contributed by atoms with Crippen molar-refractivity contribution in [2.24, 2.45) is 5.92 Å². The average Bonchev–Trinajstić information content (AvgIpc) is 2.88. The summed E-state index contributed by atoms with van der Waals surface area (Å²) in [6.07, 6.45) is 10.0. The first-order valence-electron chi connectivity index (χ1n) is 7.35. The Morgan fingerprint density at radius 2 is 1.81 bits per heavy atom. The molecule has 3 aliphatic rings. The van der Waals surface area contributed by atoms with Gasteiger partial charge in [0.25, 0.3) is 0 Å². The Balaban J connectivity index is 1.58. The lowest BCUT2D eigenvalue weighted by molar-refractivity contribution is 0.174. The lowest BCUT2D eigenvalue weighted by atomic mass is 9.97. The van der Waals surface area contributed by atoms with E-state index < -0.39 is 0 Å². The van der Waals surface area contributed by atoms with Crippen LogP contribution in [0.15, 0.2) is 0 Å². The van der Waals surface area contributed by atoms with E-state index in [1.165, 1.54) is 58.0 Å². The minimum atomic E-state index is 0.811. The zero-order valence-corrected chi connectivity index (χ0v) is 10.6. The van der Waals surface area contributed by atoms with Gasteiger partial charge in [-0.05, 0) is 44.6 Å². The van der Waals surface area contributed by atoms with Gasteiger partial charge in [0.05, 0.1) is 0 Å². The van der Waals surface area contributed by atoms with E-state index in [1.807, 2.05) is 0 Å². The molecule has 1 N–H and O–H groups in total. The Kier molecular flexibility index (Phi) is 3.21. The average molecular weight is 222 g/mol. The first-order chi connectivity index (χ1) is 7.84. The van der Waals surface area contributed by atoms with Gasteiger partial charge in [-0.15, -0.1) is 0 Å². The summed E-state index contributed by atoms with van der Waals surface area (Å²) in [5, 5.41) is 3.99. The fourth-order valence-electron chi connectivity index (χ4n) is 4.11. The highest BCUT2D eigenvalue weighted by molar-refractivity contribution is 4.96. The summed E-state index contributed by atoms with van der Waals surface area (Å²) in [5.41, 5.74) is 0. The fourth-order valence-corrected chi connectivity index (χ4v) is 4.11. The third kappa shape index (κ3) is 2.02. The summed E-state index contributed by atoms with van der Waals surface area (Å²) < 4.78 is 0. The van der Waals surface area contributed by atoms with Crippen molar-refractivity contribution in [2.45, 2.75) is 70.0 Å². The molecule has 2 saturated heterocycles. The summed E-state index contributed by atoms with van der Waals surface area (Å²) >= 11 is 0. The van der Waals surface area contributed by atoms with E-state index in [9.17, 15) is 0 Å². The predicted molar refractivity (Wildman–Crippen MR) is 67.6 cm³/mol. The van der Waals surface area contributed by atoms with Crippen molar-refractivity contribution in [3.05, 3.63) is 0 Å². The van der Waals surface area contributed by atoms with Gasteiger partial charge in [-0.3, -0.25) is 4.90 Å². The second-order valence-electron chi connectivity index (χ2n) is 6.18. The van der Waals surface area contributed by atoms with Gasteiger partial charge in [-0.25, -0.2) is 0 Å². The maximum absolute atomic E-state index is 3.99. The van der Waals surface area contributed by atoms with E-state index in [0.29, 0.717) is 0 Å². The molecule has 4 unspecified atom stereocenters. The van der Waals surface area contributed by atoms with Gasteiger partial charge in [0.15, 0.2) is 0 Å². The molecule has 0 radical (unpaired) electrons. The van der Waals surface area contributed by atoms with Crippen LogP contribution in [0.1, 0.15) is 51.9 Å². The number of nitrogens with zero attached hydrogens (tertiary/aromatic N) is 1. The predicted octanol–water partition coefficient (Wildman–Crippen LogP) is 2.39. The van der Waals surface area contributed by atoms with E-state index in [4.69, 9.17) is 0 Å². The number of piperidine rings is 1. The molecule has 4 atom stereocenters. The Labute approximate surface area is 99.8 Å². The molecule has 0 aromatic rings. The van der Waals surface area contributed by atoms with Crippen molar-refractivity contribution >= 4 is 0 Å². The topological polar surface area (TPSA) is 15.3 Å². The summed E-state index contributed by atoms with van der Waals surface area (Å²) in [6.45, 7) is 5.14. The third-order valence-electron chi connectivity index (χ3n) is 5.15. The Hall–Kier alpha value is -0.0800. The zero-order chi connectivity index (χ0) is 11.0. The van der Waals surface area contributed by atoms with Crippen molar-refractivity contribution in [2.75, 3.05) is 13.1 Å². The molecule has 0 amide bonds. The van der Waals surface area contributed by atoms with Gasteiger partial charge in [0.2, 0.25) is 0 Å². The van der Waals surface area contributed by atoms with E-state index >= 15 is 0 Å². The molecule has 2 heteroatoms. The maximum Gasteiger partial charge on any atom is 0.0249 e. The normalized spacial score (nSPS) is 44.8. The second-order valence-corrected chi connectivity index (χ2v) is 6.18. The van der Waals surface area contributed by atoms with E-state index in [0.717, 1.165) is 24.0 Å². The first-order valence-corrected chi connectivity index (χ1v) is 7.35. The molecular weight excluding hydrogens is 196 g/mol. The number of nitrogens with one attached hydrogen (secondary N) is 1. The van der Waals surface area contributed by atoms with Crippen LogP contribution in [-0.4, -0.2) is 36.1 Å². The minimum Gasteiger partial charge on any atom is -0.309 e. The van der Waals surface area contributed by atoms with Crippen molar-refractivity contribution in [1.29, 1.82) is 0 Å². The quantitative estimate of drug-likeness (QED) is 0.772. The smallest absolute Gasteiger partial charge is 0.0249 e. The van der Waals surface area contributed by atoms with Crippen LogP contribution in [0.2, 0.25) is 0 Å². The molecule has 92 valence electrons. The third-order valence-corrected chi connectivity index (χ3v) is 5.15. The Morgan fingerprint density at radius 3 is 2.62 bits per heavy atom. The molecule has 1 saturated carbocycles. The molecule has 3 rings (SSSR count). The van der Waals surface area contributed by atoms with E-state index in [-0.39, 0.29) is 0 Å². The Morgan fingerprint density at radius 1 is 0.875 bits per heavy atom. The van der Waals surface area contributed by atoms with Gasteiger partial charge in [-0.2, -0.15) is 0 Å². The lowest BCUT2D eigenvalue weighted by Gasteiger charge is -2.34. The number of fused-ring (bicyclic) bond motifs is 1. The Bertz CT molecular complexity index is 241. The van der Waals surface area contributed by atoms with Crippen LogP contribution in [0.4, 0.5) is 0 Å². The highest BCUT2D eigenvalue weighted by atomic mass is 15.2. The van der Waals surface area contributed by atoms with Crippen molar-refractivity contribution < 1.29 is 0 Å². The van der Waals surface area contributed by atoms with Crippen LogP contribution in [0.25, 0.3) is 0 Å². The van der Waals surface area contributed by atoms with E-state index in [1.54, 1.807) is 0 Å². The monoisotopic (exact) mass is 222 g/mol. The van der Waals surface area contributed by atoms with Gasteiger partial charge in [0, 0.05) is 24.7 Å². The molecule has 0 spiro atoms. The summed E-state index contributed by atoms with van der Waals surface area (Å²) in [4.78, 5) is 2.74. The maximum atomic E-state index is 3.99. The standard InChI is InChI=1S/C14H26N2/c1-11-5-4-6-12(11)15-13-8-10-16-9-3-2-7-14(13)16/h11-15H,2-10H2,1H3. The van der Waals surface area contributed by atoms with Crippen LogP contribution < -0.4 is 5.32 Å².